The first-order valence-corrected chi connectivity index (χ1v) is 13.0. The van der Waals surface area contributed by atoms with Gasteiger partial charge in [0.25, 0.3) is 0 Å². The van der Waals surface area contributed by atoms with Crippen molar-refractivity contribution in [1.29, 1.82) is 0 Å². The average Bonchev–Trinajstić information content (AvgIpc) is 3.21. The Labute approximate surface area is 230 Å². The van der Waals surface area contributed by atoms with Crippen molar-refractivity contribution < 1.29 is 9.90 Å². The fourth-order valence-electron chi connectivity index (χ4n) is 5.49. The number of hydrogen-bond acceptors (Lipinski definition) is 6. The van der Waals surface area contributed by atoms with E-state index in [0.717, 1.165) is 33.4 Å². The maximum Gasteiger partial charge on any atom is 0.171 e. The van der Waals surface area contributed by atoms with Crippen LogP contribution in [0, 0.1) is 13.8 Å². The van der Waals surface area contributed by atoms with Crippen LogP contribution in [0.5, 0.6) is 5.75 Å². The third-order valence-corrected chi connectivity index (χ3v) is 7.71. The number of nitrogens with zero attached hydrogens (tertiary/aromatic N) is 4. The number of rotatable bonds is 4. The van der Waals surface area contributed by atoms with E-state index >= 15 is 0 Å². The Balaban J connectivity index is 1.50. The number of phenolic OH excluding ortho intramolecular Hbond substituents is 1. The highest BCUT2D eigenvalue weighted by atomic mass is 35.5. The van der Waals surface area contributed by atoms with Crippen LogP contribution in [0.1, 0.15) is 45.0 Å². The first kappa shape index (κ1) is 24.8. The Kier molecular flexibility index (Phi) is 6.16. The number of ketones is 1. The van der Waals surface area contributed by atoms with E-state index in [2.05, 4.69) is 16.0 Å². The van der Waals surface area contributed by atoms with Crippen LogP contribution >= 0.6 is 11.6 Å². The van der Waals surface area contributed by atoms with Gasteiger partial charge < -0.3 is 10.8 Å². The molecule has 39 heavy (non-hydrogen) atoms. The molecule has 0 amide bonds. The van der Waals surface area contributed by atoms with Crippen molar-refractivity contribution in [2.45, 2.75) is 32.7 Å². The number of aromatic hydroxyl groups is 1. The monoisotopic (exact) mass is 535 g/mol. The SMILES string of the molecule is Cc1ccccc1C1CC(Cn2nc(-c3ccc(Cl)c(O)c3)c3c(N)ncnc32)=Cc2cccc(C)c2C1=O. The second-order valence-corrected chi connectivity index (χ2v) is 10.4. The molecule has 7 nitrogen and oxygen atoms in total. The standard InChI is InChI=1S/C31H26ClN5O2/c1-17-6-3-4-9-22(17)23-13-19(12-20-8-5-7-18(2)26(20)29(23)39)15-37-31-27(30(33)34-16-35-31)28(36-37)21-10-11-24(32)25(38)14-21/h3-12,14,16,23,38H,13,15H2,1-2H3,(H2,33,34,35). The number of phenols is 1. The number of Topliss-reactive ketones (excluding diaryl/α,β-unsaturated/α-hetero) is 1. The van der Waals surface area contributed by atoms with Gasteiger partial charge in [-0.2, -0.15) is 5.10 Å². The molecule has 1 atom stereocenters. The molecule has 0 saturated carbocycles. The highest BCUT2D eigenvalue weighted by Crippen LogP contribution is 2.38. The van der Waals surface area contributed by atoms with Crippen LogP contribution < -0.4 is 5.73 Å². The summed E-state index contributed by atoms with van der Waals surface area (Å²) in [6.45, 7) is 4.43. The third-order valence-electron chi connectivity index (χ3n) is 7.39. The number of hydrogen-bond donors (Lipinski definition) is 2. The quantitative estimate of drug-likeness (QED) is 0.272. The van der Waals surface area contributed by atoms with Gasteiger partial charge >= 0.3 is 0 Å². The first-order chi connectivity index (χ1) is 18.8. The molecule has 5 aromatic rings. The Morgan fingerprint density at radius 1 is 1.05 bits per heavy atom. The number of halogens is 1. The van der Waals surface area contributed by atoms with E-state index in [-0.39, 0.29) is 22.5 Å². The van der Waals surface area contributed by atoms with E-state index in [9.17, 15) is 9.90 Å². The topological polar surface area (TPSA) is 107 Å². The molecule has 3 aromatic carbocycles. The van der Waals surface area contributed by atoms with Crippen LogP contribution in [0.15, 0.2) is 72.6 Å². The first-order valence-electron chi connectivity index (χ1n) is 12.7. The van der Waals surface area contributed by atoms with Crippen molar-refractivity contribution in [1.82, 2.24) is 19.7 Å². The minimum absolute atomic E-state index is 0.0506. The Hall–Kier alpha value is -4.49. The molecule has 1 aliphatic carbocycles. The summed E-state index contributed by atoms with van der Waals surface area (Å²) in [6, 6.07) is 19.0. The maximum atomic E-state index is 14.0. The number of aryl methyl sites for hydroxylation is 2. The Morgan fingerprint density at radius 3 is 2.64 bits per heavy atom. The predicted octanol–water partition coefficient (Wildman–Crippen LogP) is 6.51. The van der Waals surface area contributed by atoms with Crippen molar-refractivity contribution in [2.75, 3.05) is 5.73 Å². The number of benzene rings is 3. The summed E-state index contributed by atoms with van der Waals surface area (Å²) >= 11 is 6.05. The molecule has 0 aliphatic heterocycles. The third kappa shape index (κ3) is 4.34. The summed E-state index contributed by atoms with van der Waals surface area (Å²) in [7, 11) is 0. The van der Waals surface area contributed by atoms with Crippen molar-refractivity contribution in [3.05, 3.63) is 105 Å². The molecule has 3 N–H and O–H groups in total. The van der Waals surface area contributed by atoms with Crippen LogP contribution in [-0.4, -0.2) is 30.6 Å². The van der Waals surface area contributed by atoms with Gasteiger partial charge in [0, 0.05) is 11.1 Å². The van der Waals surface area contributed by atoms with Gasteiger partial charge in [0.2, 0.25) is 0 Å². The van der Waals surface area contributed by atoms with Gasteiger partial charge in [-0.05, 0) is 60.2 Å². The zero-order valence-corrected chi connectivity index (χ0v) is 22.3. The van der Waals surface area contributed by atoms with Gasteiger partial charge in [-0.25, -0.2) is 14.6 Å². The number of allylic oxidation sites excluding steroid dienone is 1. The second-order valence-electron chi connectivity index (χ2n) is 9.95. The van der Waals surface area contributed by atoms with Crippen LogP contribution in [0.25, 0.3) is 28.4 Å². The van der Waals surface area contributed by atoms with Gasteiger partial charge in [-0.15, -0.1) is 0 Å². The highest BCUT2D eigenvalue weighted by molar-refractivity contribution is 6.32. The van der Waals surface area contributed by atoms with Crippen LogP contribution in [-0.2, 0) is 6.54 Å². The summed E-state index contributed by atoms with van der Waals surface area (Å²) in [5, 5.41) is 16.0. The van der Waals surface area contributed by atoms with Crippen molar-refractivity contribution >= 4 is 40.3 Å². The van der Waals surface area contributed by atoms with Gasteiger partial charge in [-0.3, -0.25) is 4.79 Å². The van der Waals surface area contributed by atoms with E-state index in [1.54, 1.807) is 22.9 Å². The number of nitrogens with two attached hydrogens (primary N) is 1. The molecule has 0 fully saturated rings. The molecule has 8 heteroatoms. The van der Waals surface area contributed by atoms with Crippen molar-refractivity contribution in [3.8, 4) is 17.0 Å². The largest absolute Gasteiger partial charge is 0.506 e. The van der Waals surface area contributed by atoms with E-state index < -0.39 is 0 Å². The van der Waals surface area contributed by atoms with Crippen LogP contribution in [0.2, 0.25) is 5.02 Å². The fourth-order valence-corrected chi connectivity index (χ4v) is 5.61. The lowest BCUT2D eigenvalue weighted by Crippen LogP contribution is -2.16. The van der Waals surface area contributed by atoms with E-state index in [4.69, 9.17) is 22.4 Å². The average molecular weight is 536 g/mol. The second kappa shape index (κ2) is 9.67. The molecular formula is C31H26ClN5O2. The molecule has 194 valence electrons. The predicted molar refractivity (Wildman–Crippen MR) is 154 cm³/mol. The lowest BCUT2D eigenvalue weighted by Gasteiger charge is -2.19. The summed E-state index contributed by atoms with van der Waals surface area (Å²) in [5.41, 5.74) is 13.8. The van der Waals surface area contributed by atoms with E-state index in [0.29, 0.717) is 41.1 Å². The normalized spacial score (nSPS) is 15.2. The molecular weight excluding hydrogens is 510 g/mol. The minimum atomic E-state index is -0.325. The zero-order chi connectivity index (χ0) is 27.3. The molecule has 0 spiro atoms. The minimum Gasteiger partial charge on any atom is -0.506 e. The van der Waals surface area contributed by atoms with Gasteiger partial charge in [-0.1, -0.05) is 66.2 Å². The van der Waals surface area contributed by atoms with Gasteiger partial charge in [0.15, 0.2) is 11.4 Å². The summed E-state index contributed by atoms with van der Waals surface area (Å²) in [5.74, 6) is 0.0386. The zero-order valence-electron chi connectivity index (χ0n) is 21.5. The number of nitrogen functional groups attached to an aromatic ring is 1. The number of anilines is 1. The van der Waals surface area contributed by atoms with Crippen molar-refractivity contribution in [2.24, 2.45) is 0 Å². The van der Waals surface area contributed by atoms with E-state index in [1.165, 1.54) is 6.33 Å². The van der Waals surface area contributed by atoms with Crippen LogP contribution in [0.4, 0.5) is 5.82 Å². The highest BCUT2D eigenvalue weighted by Gasteiger charge is 2.30. The number of carbonyl (C=O) groups is 1. The Bertz CT molecular complexity index is 1810. The molecule has 2 heterocycles. The molecule has 0 radical (unpaired) electrons. The molecule has 1 unspecified atom stereocenters. The number of carbonyl (C=O) groups excluding carboxylic acids is 1. The molecule has 2 aromatic heterocycles. The summed E-state index contributed by atoms with van der Waals surface area (Å²) in [4.78, 5) is 22.7. The smallest absolute Gasteiger partial charge is 0.171 e. The van der Waals surface area contributed by atoms with Gasteiger partial charge in [0.1, 0.15) is 23.6 Å². The molecule has 1 aliphatic rings. The molecule has 6 rings (SSSR count). The number of aromatic nitrogens is 4. The summed E-state index contributed by atoms with van der Waals surface area (Å²) < 4.78 is 1.79. The molecule has 0 bridgehead atoms. The maximum absolute atomic E-state index is 14.0. The lowest BCUT2D eigenvalue weighted by molar-refractivity contribution is 0.0958. The fraction of sp³-hybridized carbons (Fsp3) is 0.161. The summed E-state index contributed by atoms with van der Waals surface area (Å²) in [6.07, 6.45) is 4.06. The van der Waals surface area contributed by atoms with Crippen LogP contribution in [0.3, 0.4) is 0 Å². The van der Waals surface area contributed by atoms with E-state index in [1.807, 2.05) is 56.3 Å². The van der Waals surface area contributed by atoms with Gasteiger partial charge in [0.05, 0.1) is 22.9 Å². The Morgan fingerprint density at radius 2 is 1.85 bits per heavy atom. The lowest BCUT2D eigenvalue weighted by atomic mass is 9.84. The number of fused-ring (bicyclic) bond motifs is 2. The van der Waals surface area contributed by atoms with Crippen molar-refractivity contribution in [3.63, 3.8) is 0 Å². The molecule has 0 saturated heterocycles.